The summed E-state index contributed by atoms with van der Waals surface area (Å²) in [5.41, 5.74) is 17.4. The number of para-hydroxylation sites is 1. The molecule has 10 aromatic carbocycles. The second-order valence-electron chi connectivity index (χ2n) is 16.0. The highest BCUT2D eigenvalue weighted by atomic mass is 16.3. The van der Waals surface area contributed by atoms with Crippen LogP contribution in [0.2, 0.25) is 0 Å². The summed E-state index contributed by atoms with van der Waals surface area (Å²) in [6.07, 6.45) is 0. The summed E-state index contributed by atoms with van der Waals surface area (Å²) in [5.74, 6) is 0. The monoisotopic (exact) mass is 749 g/mol. The van der Waals surface area contributed by atoms with Gasteiger partial charge in [0.2, 0.25) is 0 Å². The van der Waals surface area contributed by atoms with Crippen molar-refractivity contribution in [3.63, 3.8) is 0 Å². The SMILES string of the molecule is c1ccc(N(c2ccc3c(c2)C2(c4ccccc4-c4ccccc42)c2ccccc2-3)c2ccc3c(c2)oc2c(-c4ccc5ccccc5c4)c4ccccc4cc23)cc1. The number of rotatable bonds is 4. The summed E-state index contributed by atoms with van der Waals surface area (Å²) in [4.78, 5) is 2.39. The molecule has 2 aliphatic carbocycles. The van der Waals surface area contributed by atoms with Gasteiger partial charge in [0.05, 0.1) is 5.41 Å². The first-order chi connectivity index (χ1) is 29.3. The number of furan rings is 1. The molecule has 0 bridgehead atoms. The van der Waals surface area contributed by atoms with E-state index in [0.29, 0.717) is 0 Å². The summed E-state index contributed by atoms with van der Waals surface area (Å²) in [6.45, 7) is 0. The van der Waals surface area contributed by atoms with Crippen LogP contribution in [0, 0.1) is 0 Å². The van der Waals surface area contributed by atoms with E-state index in [9.17, 15) is 0 Å². The van der Waals surface area contributed by atoms with Crippen LogP contribution in [0.5, 0.6) is 0 Å². The summed E-state index contributed by atoms with van der Waals surface area (Å²) >= 11 is 0. The molecule has 0 N–H and O–H groups in total. The predicted octanol–water partition coefficient (Wildman–Crippen LogP) is 15.4. The average Bonchev–Trinajstić information content (AvgIpc) is 3.92. The molecule has 0 unspecified atom stereocenters. The van der Waals surface area contributed by atoms with Gasteiger partial charge in [-0.05, 0) is 120 Å². The normalized spacial score (nSPS) is 13.2. The third kappa shape index (κ3) is 4.46. The zero-order valence-corrected chi connectivity index (χ0v) is 32.1. The van der Waals surface area contributed by atoms with Crippen LogP contribution in [0.3, 0.4) is 0 Å². The Morgan fingerprint density at radius 2 is 0.915 bits per heavy atom. The molecule has 274 valence electrons. The minimum absolute atomic E-state index is 0.429. The van der Waals surface area contributed by atoms with E-state index in [0.717, 1.165) is 50.1 Å². The second kappa shape index (κ2) is 12.2. The molecule has 59 heavy (non-hydrogen) atoms. The molecule has 2 nitrogen and oxygen atoms in total. The van der Waals surface area contributed by atoms with Crippen molar-refractivity contribution in [2.75, 3.05) is 4.90 Å². The predicted molar refractivity (Wildman–Crippen MR) is 245 cm³/mol. The van der Waals surface area contributed by atoms with E-state index < -0.39 is 5.41 Å². The molecular formula is C57H35NO. The van der Waals surface area contributed by atoms with Crippen LogP contribution in [0.1, 0.15) is 22.3 Å². The Morgan fingerprint density at radius 3 is 1.64 bits per heavy atom. The molecule has 0 atom stereocenters. The molecular weight excluding hydrogens is 715 g/mol. The summed E-state index contributed by atoms with van der Waals surface area (Å²) < 4.78 is 7.06. The maximum atomic E-state index is 7.06. The van der Waals surface area contributed by atoms with Crippen LogP contribution in [0.4, 0.5) is 17.1 Å². The summed E-state index contributed by atoms with van der Waals surface area (Å²) in [7, 11) is 0. The first-order valence-corrected chi connectivity index (χ1v) is 20.4. The van der Waals surface area contributed by atoms with Crippen LogP contribution in [-0.4, -0.2) is 0 Å². The fourth-order valence-electron chi connectivity index (χ4n) is 10.6. The van der Waals surface area contributed by atoms with Gasteiger partial charge in [0.1, 0.15) is 11.2 Å². The minimum atomic E-state index is -0.429. The topological polar surface area (TPSA) is 16.4 Å². The first-order valence-electron chi connectivity index (χ1n) is 20.4. The molecule has 1 heterocycles. The molecule has 11 aromatic rings. The molecule has 2 heteroatoms. The van der Waals surface area contributed by atoms with Crippen LogP contribution >= 0.6 is 0 Å². The Balaban J connectivity index is 1.04. The number of hydrogen-bond donors (Lipinski definition) is 0. The molecule has 2 aliphatic rings. The van der Waals surface area contributed by atoms with Gasteiger partial charge in [-0.25, -0.2) is 0 Å². The molecule has 0 saturated heterocycles. The lowest BCUT2D eigenvalue weighted by atomic mass is 9.70. The lowest BCUT2D eigenvalue weighted by Crippen LogP contribution is -2.26. The van der Waals surface area contributed by atoms with Gasteiger partial charge in [0.15, 0.2) is 0 Å². The second-order valence-corrected chi connectivity index (χ2v) is 16.0. The molecule has 1 spiro atoms. The van der Waals surface area contributed by atoms with Gasteiger partial charge in [0.25, 0.3) is 0 Å². The number of anilines is 3. The third-order valence-electron chi connectivity index (χ3n) is 13.0. The van der Waals surface area contributed by atoms with Crippen molar-refractivity contribution in [1.82, 2.24) is 0 Å². The molecule has 13 rings (SSSR count). The average molecular weight is 750 g/mol. The highest BCUT2D eigenvalue weighted by Gasteiger charge is 2.51. The van der Waals surface area contributed by atoms with Gasteiger partial charge in [-0.15, -0.1) is 0 Å². The lowest BCUT2D eigenvalue weighted by molar-refractivity contribution is 0.670. The van der Waals surface area contributed by atoms with Gasteiger partial charge in [-0.1, -0.05) is 158 Å². The van der Waals surface area contributed by atoms with Crippen LogP contribution in [-0.2, 0) is 5.41 Å². The van der Waals surface area contributed by atoms with Crippen LogP contribution < -0.4 is 4.90 Å². The zero-order valence-electron chi connectivity index (χ0n) is 32.1. The summed E-state index contributed by atoms with van der Waals surface area (Å²) in [6, 6.07) is 77.9. The van der Waals surface area contributed by atoms with Crippen molar-refractivity contribution in [1.29, 1.82) is 0 Å². The van der Waals surface area contributed by atoms with Crippen molar-refractivity contribution < 1.29 is 4.42 Å². The van der Waals surface area contributed by atoms with Gasteiger partial charge in [-0.2, -0.15) is 0 Å². The molecule has 0 radical (unpaired) electrons. The van der Waals surface area contributed by atoms with Gasteiger partial charge in [0, 0.05) is 39.5 Å². The Bertz CT molecular complexity index is 3460. The van der Waals surface area contributed by atoms with E-state index in [-0.39, 0.29) is 0 Å². The van der Waals surface area contributed by atoms with Crippen molar-refractivity contribution >= 4 is 60.5 Å². The maximum absolute atomic E-state index is 7.06. The van der Waals surface area contributed by atoms with E-state index in [2.05, 4.69) is 217 Å². The number of benzene rings is 10. The van der Waals surface area contributed by atoms with E-state index >= 15 is 0 Å². The van der Waals surface area contributed by atoms with Crippen molar-refractivity contribution in [3.05, 3.63) is 235 Å². The van der Waals surface area contributed by atoms with Crippen LogP contribution in [0.15, 0.2) is 217 Å². The van der Waals surface area contributed by atoms with E-state index in [1.165, 1.54) is 66.1 Å². The van der Waals surface area contributed by atoms with Crippen molar-refractivity contribution in [2.45, 2.75) is 5.41 Å². The smallest absolute Gasteiger partial charge is 0.143 e. The molecule has 1 aromatic heterocycles. The highest BCUT2D eigenvalue weighted by molar-refractivity contribution is 6.19. The minimum Gasteiger partial charge on any atom is -0.455 e. The fourth-order valence-corrected chi connectivity index (χ4v) is 10.6. The highest BCUT2D eigenvalue weighted by Crippen LogP contribution is 2.63. The zero-order chi connectivity index (χ0) is 38.7. The standard InChI is InChI=1S/C57H35NO/c1-2-17-40(18-3-1)58(41-28-30-47-46-22-10-13-25-52(46)57(53(47)34-41)50-23-11-8-20-44(50)45-21-9-12-24-51(45)57)42-29-31-48-49-33-38-16-6-7-19-43(38)55(56(49)59-54(48)35-42)39-27-26-36-14-4-5-15-37(36)32-39/h1-35H. The number of nitrogens with zero attached hydrogens (tertiary/aromatic N) is 1. The number of fused-ring (bicyclic) bond motifs is 15. The quantitative estimate of drug-likeness (QED) is 0.178. The van der Waals surface area contributed by atoms with E-state index in [4.69, 9.17) is 4.42 Å². The fraction of sp³-hybridized carbons (Fsp3) is 0.0175. The molecule has 0 aliphatic heterocycles. The Morgan fingerprint density at radius 1 is 0.339 bits per heavy atom. The van der Waals surface area contributed by atoms with E-state index in [1.807, 2.05) is 0 Å². The van der Waals surface area contributed by atoms with Gasteiger partial charge >= 0.3 is 0 Å². The van der Waals surface area contributed by atoms with Gasteiger partial charge in [-0.3, -0.25) is 0 Å². The first kappa shape index (κ1) is 32.4. The molecule has 0 fully saturated rings. The summed E-state index contributed by atoms with van der Waals surface area (Å²) in [5, 5.41) is 7.05. The molecule has 0 amide bonds. The van der Waals surface area contributed by atoms with E-state index in [1.54, 1.807) is 0 Å². The largest absolute Gasteiger partial charge is 0.455 e. The Kier molecular flexibility index (Phi) is 6.68. The van der Waals surface area contributed by atoms with Crippen molar-refractivity contribution in [3.8, 4) is 33.4 Å². The molecule has 0 saturated carbocycles. The lowest BCUT2D eigenvalue weighted by Gasteiger charge is -2.32. The number of hydrogen-bond acceptors (Lipinski definition) is 2. The Hall–Kier alpha value is -7.68. The van der Waals surface area contributed by atoms with Gasteiger partial charge < -0.3 is 9.32 Å². The third-order valence-corrected chi connectivity index (χ3v) is 13.0. The van der Waals surface area contributed by atoms with Crippen LogP contribution in [0.25, 0.3) is 76.9 Å². The Labute approximate surface area is 341 Å². The maximum Gasteiger partial charge on any atom is 0.143 e. The van der Waals surface area contributed by atoms with Crippen molar-refractivity contribution in [2.24, 2.45) is 0 Å².